The summed E-state index contributed by atoms with van der Waals surface area (Å²) in [7, 11) is -3.27. The summed E-state index contributed by atoms with van der Waals surface area (Å²) in [6, 6.07) is -2.84. The zero-order valence-electron chi connectivity index (χ0n) is 26.6. The molecule has 0 spiro atoms. The van der Waals surface area contributed by atoms with Gasteiger partial charge in [-0.3, -0.25) is 19.2 Å². The van der Waals surface area contributed by atoms with Gasteiger partial charge in [0.2, 0.25) is 11.8 Å². The SMILES string of the molecule is COC(=O)C1CCCCN1S(=O)(=O)NC(=O)[C@@]12C[C@H]1/C=C\CCCCC[C@H](NC(=O)OC(C)(C)C)C(=O)N1CCC[C@H]1C(=O)N2. The lowest BCUT2D eigenvalue weighted by Gasteiger charge is -2.33. The van der Waals surface area contributed by atoms with Crippen molar-refractivity contribution in [1.29, 1.82) is 0 Å². The molecule has 252 valence electrons. The van der Waals surface area contributed by atoms with Crippen molar-refractivity contribution in [3.8, 4) is 0 Å². The molecule has 4 aliphatic rings. The quantitative estimate of drug-likeness (QED) is 0.294. The van der Waals surface area contributed by atoms with Gasteiger partial charge in [-0.15, -0.1) is 0 Å². The Balaban J connectivity index is 1.55. The van der Waals surface area contributed by atoms with E-state index >= 15 is 0 Å². The minimum Gasteiger partial charge on any atom is -0.468 e. The Kier molecular flexibility index (Phi) is 10.8. The van der Waals surface area contributed by atoms with Gasteiger partial charge in [0.15, 0.2) is 0 Å². The zero-order chi connectivity index (χ0) is 33.0. The lowest BCUT2D eigenvalue weighted by molar-refractivity contribution is -0.146. The number of allylic oxidation sites excluding steroid dienone is 1. The molecule has 0 aromatic heterocycles. The molecule has 3 aliphatic heterocycles. The van der Waals surface area contributed by atoms with E-state index < -0.39 is 75.2 Å². The van der Waals surface area contributed by atoms with Gasteiger partial charge in [-0.1, -0.05) is 25.0 Å². The maximum atomic E-state index is 13.8. The van der Waals surface area contributed by atoms with Crippen LogP contribution in [0.15, 0.2) is 12.2 Å². The number of carbonyl (C=O) groups is 5. The van der Waals surface area contributed by atoms with Gasteiger partial charge in [0.1, 0.15) is 29.3 Å². The monoisotopic (exact) mass is 653 g/mol. The van der Waals surface area contributed by atoms with E-state index in [1.807, 2.05) is 12.2 Å². The van der Waals surface area contributed by atoms with Crippen molar-refractivity contribution in [2.75, 3.05) is 20.2 Å². The van der Waals surface area contributed by atoms with Crippen LogP contribution in [0.3, 0.4) is 0 Å². The number of piperidine rings is 1. The molecule has 15 heteroatoms. The maximum absolute atomic E-state index is 13.8. The Hall–Kier alpha value is -3.20. The Morgan fingerprint density at radius 3 is 2.44 bits per heavy atom. The molecule has 45 heavy (non-hydrogen) atoms. The van der Waals surface area contributed by atoms with Gasteiger partial charge < -0.3 is 25.0 Å². The first-order chi connectivity index (χ1) is 21.2. The van der Waals surface area contributed by atoms with Crippen LogP contribution in [0.5, 0.6) is 0 Å². The van der Waals surface area contributed by atoms with Crippen molar-refractivity contribution in [1.82, 2.24) is 24.6 Å². The molecule has 2 saturated heterocycles. The Bertz CT molecular complexity index is 1300. The number of nitrogens with one attached hydrogen (secondary N) is 3. The second-order valence-electron chi connectivity index (χ2n) is 13.3. The van der Waals surface area contributed by atoms with Gasteiger partial charge >= 0.3 is 22.3 Å². The highest BCUT2D eigenvalue weighted by Gasteiger charge is 2.61. The molecule has 1 unspecified atom stereocenters. The maximum Gasteiger partial charge on any atom is 0.408 e. The van der Waals surface area contributed by atoms with E-state index in [-0.39, 0.29) is 19.4 Å². The van der Waals surface area contributed by atoms with E-state index in [2.05, 4.69) is 15.4 Å². The molecule has 3 N–H and O–H groups in total. The average Bonchev–Trinajstić information content (AvgIpc) is 3.43. The number of hydrogen-bond donors (Lipinski definition) is 3. The third-order valence-electron chi connectivity index (χ3n) is 8.78. The highest BCUT2D eigenvalue weighted by atomic mass is 32.2. The van der Waals surface area contributed by atoms with Crippen LogP contribution in [-0.2, 0) is 38.9 Å². The number of alkyl carbamates (subject to hydrolysis) is 1. The average molecular weight is 654 g/mol. The molecular weight excluding hydrogens is 606 g/mol. The Morgan fingerprint density at radius 1 is 1.00 bits per heavy atom. The molecule has 0 bridgehead atoms. The molecule has 14 nitrogen and oxygen atoms in total. The summed E-state index contributed by atoms with van der Waals surface area (Å²) in [5.41, 5.74) is -2.30. The lowest BCUT2D eigenvalue weighted by Crippen LogP contribution is -2.60. The van der Waals surface area contributed by atoms with Crippen LogP contribution in [0, 0.1) is 5.92 Å². The standard InChI is InChI=1S/C30H47N5O9S/c1-29(2,3)44-28(40)31-21-14-9-7-5-6-8-13-20-19-30(20,32-24(36)22-16-12-17-34(22)25(21)37)27(39)33-45(41,42)35-18-11-10-15-23(35)26(38)43-4/h8,13,20-23H,5-7,9-12,14-19H2,1-4H3,(H,31,40)(H,32,36)(H,33,39)/b13-8-/t20-,21+,22+,23?,30-/m1/s1. The molecule has 4 amide bonds. The first-order valence-corrected chi connectivity index (χ1v) is 17.3. The van der Waals surface area contributed by atoms with Gasteiger partial charge in [0, 0.05) is 19.0 Å². The fourth-order valence-electron chi connectivity index (χ4n) is 6.37. The number of methoxy groups -OCH3 is 1. The van der Waals surface area contributed by atoms with Crippen LogP contribution in [-0.4, -0.2) is 96.9 Å². The minimum absolute atomic E-state index is 0.0444. The summed E-state index contributed by atoms with van der Waals surface area (Å²) in [6.07, 6.45) is 8.84. The van der Waals surface area contributed by atoms with Crippen molar-refractivity contribution in [2.45, 2.75) is 121 Å². The third-order valence-corrected chi connectivity index (χ3v) is 10.3. The van der Waals surface area contributed by atoms with E-state index in [0.717, 1.165) is 17.1 Å². The summed E-state index contributed by atoms with van der Waals surface area (Å²) >= 11 is 0. The van der Waals surface area contributed by atoms with Crippen molar-refractivity contribution in [2.24, 2.45) is 5.92 Å². The highest BCUT2D eigenvalue weighted by Crippen LogP contribution is 2.46. The van der Waals surface area contributed by atoms with Crippen LogP contribution < -0.4 is 15.4 Å². The Morgan fingerprint density at radius 2 is 1.73 bits per heavy atom. The smallest absolute Gasteiger partial charge is 0.408 e. The van der Waals surface area contributed by atoms with E-state index in [1.54, 1.807) is 20.8 Å². The first kappa shape index (κ1) is 34.7. The van der Waals surface area contributed by atoms with Crippen LogP contribution in [0.4, 0.5) is 4.79 Å². The number of amides is 4. The summed E-state index contributed by atoms with van der Waals surface area (Å²) in [6.45, 7) is 5.52. The summed E-state index contributed by atoms with van der Waals surface area (Å²) in [5, 5.41) is 5.50. The van der Waals surface area contributed by atoms with E-state index in [4.69, 9.17) is 9.47 Å². The Labute approximate surface area is 265 Å². The molecule has 0 radical (unpaired) electrons. The number of ether oxygens (including phenoxy) is 2. The number of hydrogen-bond acceptors (Lipinski definition) is 9. The van der Waals surface area contributed by atoms with Crippen LogP contribution in [0.25, 0.3) is 0 Å². The molecule has 0 aromatic carbocycles. The number of esters is 1. The summed E-state index contributed by atoms with van der Waals surface area (Å²) in [5.74, 6) is -3.03. The van der Waals surface area contributed by atoms with E-state index in [0.29, 0.717) is 51.5 Å². The summed E-state index contributed by atoms with van der Waals surface area (Å²) < 4.78 is 40.1. The first-order valence-electron chi connectivity index (χ1n) is 15.9. The molecule has 5 atom stereocenters. The minimum atomic E-state index is -4.45. The molecule has 3 fully saturated rings. The van der Waals surface area contributed by atoms with E-state index in [1.165, 1.54) is 12.0 Å². The molecular formula is C30H47N5O9S. The van der Waals surface area contributed by atoms with Gasteiger partial charge in [0.05, 0.1) is 7.11 Å². The van der Waals surface area contributed by atoms with E-state index in [9.17, 15) is 32.4 Å². The predicted octanol–water partition coefficient (Wildman–Crippen LogP) is 1.65. The predicted molar refractivity (Wildman–Crippen MR) is 163 cm³/mol. The van der Waals surface area contributed by atoms with Crippen LogP contribution >= 0.6 is 0 Å². The number of rotatable bonds is 5. The summed E-state index contributed by atoms with van der Waals surface area (Å²) in [4.78, 5) is 67.6. The number of nitrogens with zero attached hydrogens (tertiary/aromatic N) is 2. The number of fused-ring (bicyclic) bond motifs is 2. The van der Waals surface area contributed by atoms with Crippen molar-refractivity contribution < 1.29 is 41.9 Å². The van der Waals surface area contributed by atoms with Gasteiger partial charge in [-0.05, 0) is 78.6 Å². The van der Waals surface area contributed by atoms with Gasteiger partial charge in [0.25, 0.3) is 5.91 Å². The highest BCUT2D eigenvalue weighted by molar-refractivity contribution is 7.87. The lowest BCUT2D eigenvalue weighted by atomic mass is 10.0. The largest absolute Gasteiger partial charge is 0.468 e. The molecule has 1 aliphatic carbocycles. The topological polar surface area (TPSA) is 181 Å². The zero-order valence-corrected chi connectivity index (χ0v) is 27.4. The second kappa shape index (κ2) is 14.1. The molecule has 0 aromatic rings. The van der Waals surface area contributed by atoms with Crippen molar-refractivity contribution in [3.05, 3.63) is 12.2 Å². The fraction of sp³-hybridized carbons (Fsp3) is 0.767. The molecule has 1 saturated carbocycles. The van der Waals surface area contributed by atoms with Crippen molar-refractivity contribution >= 4 is 40.0 Å². The van der Waals surface area contributed by atoms with Crippen LogP contribution in [0.1, 0.15) is 91.4 Å². The molecule has 4 rings (SSSR count). The third kappa shape index (κ3) is 8.34. The second-order valence-corrected chi connectivity index (χ2v) is 14.9. The van der Waals surface area contributed by atoms with Gasteiger partial charge in [-0.25, -0.2) is 9.52 Å². The van der Waals surface area contributed by atoms with Crippen LogP contribution in [0.2, 0.25) is 0 Å². The van der Waals surface area contributed by atoms with Gasteiger partial charge in [-0.2, -0.15) is 12.7 Å². The number of carbonyl (C=O) groups excluding carboxylic acids is 5. The molecule has 3 heterocycles. The van der Waals surface area contributed by atoms with Crippen molar-refractivity contribution in [3.63, 3.8) is 0 Å². The fourth-order valence-corrected chi connectivity index (χ4v) is 7.80. The normalized spacial score (nSPS) is 30.8.